The lowest BCUT2D eigenvalue weighted by molar-refractivity contribution is -0.0112. The highest BCUT2D eigenvalue weighted by atomic mass is 16.5. The quantitative estimate of drug-likeness (QED) is 0.892. The Kier molecular flexibility index (Phi) is 4.61. The van der Waals surface area contributed by atoms with Crippen molar-refractivity contribution in [2.45, 2.75) is 45.3 Å². The van der Waals surface area contributed by atoms with Crippen LogP contribution in [0, 0.1) is 6.92 Å². The average molecular weight is 249 g/mol. The van der Waals surface area contributed by atoms with Gasteiger partial charge in [-0.3, -0.25) is 0 Å². The molecule has 1 saturated heterocycles. The van der Waals surface area contributed by atoms with Gasteiger partial charge in [0.2, 0.25) is 0 Å². The zero-order valence-corrected chi connectivity index (χ0v) is 11.3. The lowest BCUT2D eigenvalue weighted by Gasteiger charge is -2.23. The second-order valence-corrected chi connectivity index (χ2v) is 5.13. The van der Waals surface area contributed by atoms with Crippen LogP contribution in [0.3, 0.4) is 0 Å². The lowest BCUT2D eigenvalue weighted by Crippen LogP contribution is -2.26. The van der Waals surface area contributed by atoms with E-state index in [1.54, 1.807) is 0 Å². The van der Waals surface area contributed by atoms with Gasteiger partial charge < -0.3 is 15.2 Å². The molecule has 1 heterocycles. The van der Waals surface area contributed by atoms with Crippen LogP contribution in [-0.4, -0.2) is 19.3 Å². The number of ether oxygens (including phenoxy) is 2. The van der Waals surface area contributed by atoms with Crippen LogP contribution in [0.2, 0.25) is 0 Å². The number of aryl methyl sites for hydroxylation is 1. The van der Waals surface area contributed by atoms with Crippen molar-refractivity contribution in [1.29, 1.82) is 0 Å². The Morgan fingerprint density at radius 1 is 1.44 bits per heavy atom. The molecule has 100 valence electrons. The van der Waals surface area contributed by atoms with E-state index in [9.17, 15) is 0 Å². The van der Waals surface area contributed by atoms with Crippen LogP contribution in [0.4, 0.5) is 0 Å². The summed E-state index contributed by atoms with van der Waals surface area (Å²) in [6, 6.07) is 6.16. The second kappa shape index (κ2) is 6.21. The molecule has 1 aromatic carbocycles. The molecule has 3 heteroatoms. The maximum atomic E-state index is 5.98. The van der Waals surface area contributed by atoms with Gasteiger partial charge in [-0.25, -0.2) is 0 Å². The molecule has 3 nitrogen and oxygen atoms in total. The van der Waals surface area contributed by atoms with Crippen LogP contribution < -0.4 is 10.5 Å². The van der Waals surface area contributed by atoms with Gasteiger partial charge in [-0.2, -0.15) is 0 Å². The Morgan fingerprint density at radius 2 is 2.28 bits per heavy atom. The molecule has 0 aromatic heterocycles. The van der Waals surface area contributed by atoms with E-state index >= 15 is 0 Å². The molecule has 0 aliphatic carbocycles. The van der Waals surface area contributed by atoms with Gasteiger partial charge in [0.25, 0.3) is 0 Å². The molecular formula is C15H23NO2. The highest BCUT2D eigenvalue weighted by molar-refractivity contribution is 5.38. The van der Waals surface area contributed by atoms with E-state index in [2.05, 4.69) is 19.1 Å². The van der Waals surface area contributed by atoms with Gasteiger partial charge in [0.15, 0.2) is 0 Å². The summed E-state index contributed by atoms with van der Waals surface area (Å²) in [7, 11) is 0. The van der Waals surface area contributed by atoms with Crippen molar-refractivity contribution in [3.05, 3.63) is 29.3 Å². The number of hydrogen-bond acceptors (Lipinski definition) is 3. The van der Waals surface area contributed by atoms with Crippen LogP contribution in [0.5, 0.6) is 5.75 Å². The normalized spacial score (nSPS) is 21.6. The number of hydrogen-bond donors (Lipinski definition) is 1. The molecule has 0 radical (unpaired) electrons. The Balaban J connectivity index is 1.99. The van der Waals surface area contributed by atoms with Crippen LogP contribution in [0.15, 0.2) is 18.2 Å². The maximum absolute atomic E-state index is 5.98. The first-order valence-electron chi connectivity index (χ1n) is 6.77. The molecule has 1 aliphatic heterocycles. The third kappa shape index (κ3) is 3.47. The van der Waals surface area contributed by atoms with Crippen molar-refractivity contribution in [1.82, 2.24) is 0 Å². The molecular weight excluding hydrogens is 226 g/mol. The summed E-state index contributed by atoms with van der Waals surface area (Å²) in [6.45, 7) is 5.55. The van der Waals surface area contributed by atoms with Crippen molar-refractivity contribution < 1.29 is 9.47 Å². The largest absolute Gasteiger partial charge is 0.491 e. The van der Waals surface area contributed by atoms with E-state index in [-0.39, 0.29) is 12.1 Å². The molecule has 1 aliphatic rings. The van der Waals surface area contributed by atoms with Crippen molar-refractivity contribution in [3.63, 3.8) is 0 Å². The Bertz CT molecular complexity index is 384. The average Bonchev–Trinajstić information content (AvgIpc) is 2.38. The zero-order valence-electron chi connectivity index (χ0n) is 11.3. The van der Waals surface area contributed by atoms with E-state index in [1.165, 1.54) is 18.4 Å². The molecule has 1 fully saturated rings. The third-order valence-corrected chi connectivity index (χ3v) is 3.35. The molecule has 0 bridgehead atoms. The van der Waals surface area contributed by atoms with Gasteiger partial charge in [-0.1, -0.05) is 17.7 Å². The van der Waals surface area contributed by atoms with E-state index in [1.807, 2.05) is 13.0 Å². The van der Waals surface area contributed by atoms with Gasteiger partial charge in [-0.15, -0.1) is 0 Å². The molecule has 2 atom stereocenters. The van der Waals surface area contributed by atoms with Crippen LogP contribution in [0.1, 0.15) is 43.4 Å². The predicted octanol–water partition coefficient (Wildman–Crippen LogP) is 2.96. The minimum atomic E-state index is -0.00725. The number of rotatable bonds is 4. The maximum Gasteiger partial charge on any atom is 0.124 e. The molecule has 0 spiro atoms. The molecule has 2 rings (SSSR count). The van der Waals surface area contributed by atoms with E-state index in [0.717, 1.165) is 24.3 Å². The van der Waals surface area contributed by atoms with Gasteiger partial charge in [0.05, 0.1) is 6.10 Å². The second-order valence-electron chi connectivity index (χ2n) is 5.13. The standard InChI is InChI=1S/C15H23NO2/c1-11-6-7-15(14(9-11)12(2)16)18-10-13-5-3-4-8-17-13/h6-7,9,12-13H,3-5,8,10,16H2,1-2H3/t12-,13?/m1/s1. The summed E-state index contributed by atoms with van der Waals surface area (Å²) in [5, 5.41) is 0. The smallest absolute Gasteiger partial charge is 0.124 e. The fourth-order valence-electron chi connectivity index (χ4n) is 2.28. The fraction of sp³-hybridized carbons (Fsp3) is 0.600. The summed E-state index contributed by atoms with van der Waals surface area (Å²) >= 11 is 0. The van der Waals surface area contributed by atoms with Crippen molar-refractivity contribution in [2.75, 3.05) is 13.2 Å². The van der Waals surface area contributed by atoms with E-state index in [0.29, 0.717) is 6.61 Å². The van der Waals surface area contributed by atoms with E-state index < -0.39 is 0 Å². The number of benzene rings is 1. The lowest BCUT2D eigenvalue weighted by atomic mass is 10.0. The molecule has 0 saturated carbocycles. The summed E-state index contributed by atoms with van der Waals surface area (Å²) < 4.78 is 11.6. The van der Waals surface area contributed by atoms with Crippen molar-refractivity contribution in [3.8, 4) is 5.75 Å². The minimum Gasteiger partial charge on any atom is -0.491 e. The first-order chi connectivity index (χ1) is 8.66. The SMILES string of the molecule is Cc1ccc(OCC2CCCCO2)c([C@@H](C)N)c1. The summed E-state index contributed by atoms with van der Waals surface area (Å²) in [5.41, 5.74) is 8.27. The summed E-state index contributed by atoms with van der Waals surface area (Å²) in [6.07, 6.45) is 3.74. The first-order valence-corrected chi connectivity index (χ1v) is 6.77. The van der Waals surface area contributed by atoms with Gasteiger partial charge >= 0.3 is 0 Å². The van der Waals surface area contributed by atoms with Crippen molar-refractivity contribution >= 4 is 0 Å². The highest BCUT2D eigenvalue weighted by Gasteiger charge is 2.16. The van der Waals surface area contributed by atoms with Crippen LogP contribution in [0.25, 0.3) is 0 Å². The molecule has 2 N–H and O–H groups in total. The Morgan fingerprint density at radius 3 is 2.94 bits per heavy atom. The van der Waals surface area contributed by atoms with E-state index in [4.69, 9.17) is 15.2 Å². The van der Waals surface area contributed by atoms with Crippen LogP contribution in [-0.2, 0) is 4.74 Å². The fourth-order valence-corrected chi connectivity index (χ4v) is 2.28. The number of nitrogens with two attached hydrogens (primary N) is 1. The summed E-state index contributed by atoms with van der Waals surface area (Å²) in [4.78, 5) is 0. The predicted molar refractivity (Wildman–Crippen MR) is 72.9 cm³/mol. The third-order valence-electron chi connectivity index (χ3n) is 3.35. The Labute approximate surface area is 109 Å². The van der Waals surface area contributed by atoms with Gasteiger partial charge in [0.1, 0.15) is 12.4 Å². The molecule has 1 aromatic rings. The first kappa shape index (κ1) is 13.4. The monoisotopic (exact) mass is 249 g/mol. The molecule has 1 unspecified atom stereocenters. The Hall–Kier alpha value is -1.06. The molecule has 0 amide bonds. The zero-order chi connectivity index (χ0) is 13.0. The van der Waals surface area contributed by atoms with Crippen LogP contribution >= 0.6 is 0 Å². The van der Waals surface area contributed by atoms with Gasteiger partial charge in [-0.05, 0) is 39.2 Å². The van der Waals surface area contributed by atoms with Gasteiger partial charge in [0, 0.05) is 18.2 Å². The highest BCUT2D eigenvalue weighted by Crippen LogP contribution is 2.26. The summed E-state index contributed by atoms with van der Waals surface area (Å²) in [5.74, 6) is 0.893. The minimum absolute atomic E-state index is 0.00725. The molecule has 18 heavy (non-hydrogen) atoms. The van der Waals surface area contributed by atoms with Crippen molar-refractivity contribution in [2.24, 2.45) is 5.73 Å². The topological polar surface area (TPSA) is 44.5 Å².